The molecule has 0 bridgehead atoms. The SMILES string of the molecule is Cc1ccc(-n2c3c(c4c2CC=C4)CC=C3)cc1. The summed E-state index contributed by atoms with van der Waals surface area (Å²) < 4.78 is 2.42. The maximum absolute atomic E-state index is 2.42. The Morgan fingerprint density at radius 1 is 0.944 bits per heavy atom. The van der Waals surface area contributed by atoms with Crippen LogP contribution in [0.2, 0.25) is 0 Å². The van der Waals surface area contributed by atoms with Gasteiger partial charge in [0.2, 0.25) is 0 Å². The van der Waals surface area contributed by atoms with Gasteiger partial charge >= 0.3 is 0 Å². The Bertz CT molecular complexity index is 681. The van der Waals surface area contributed by atoms with Gasteiger partial charge in [0.1, 0.15) is 0 Å². The van der Waals surface area contributed by atoms with E-state index in [1.54, 1.807) is 0 Å². The molecule has 0 saturated carbocycles. The molecule has 0 N–H and O–H groups in total. The summed E-state index contributed by atoms with van der Waals surface area (Å²) in [6.07, 6.45) is 11.2. The fraction of sp³-hybridized carbons (Fsp3) is 0.176. The highest BCUT2D eigenvalue weighted by Crippen LogP contribution is 2.36. The molecule has 0 radical (unpaired) electrons. The van der Waals surface area contributed by atoms with Gasteiger partial charge in [-0.3, -0.25) is 0 Å². The lowest BCUT2D eigenvalue weighted by Gasteiger charge is -2.10. The van der Waals surface area contributed by atoms with Crippen LogP contribution in [0.3, 0.4) is 0 Å². The third-order valence-corrected chi connectivity index (χ3v) is 3.94. The van der Waals surface area contributed by atoms with Crippen LogP contribution in [-0.2, 0) is 12.8 Å². The fourth-order valence-electron chi connectivity index (χ4n) is 3.07. The molecule has 0 aliphatic heterocycles. The summed E-state index contributed by atoms with van der Waals surface area (Å²) in [5.74, 6) is 0. The van der Waals surface area contributed by atoms with Crippen molar-refractivity contribution in [1.29, 1.82) is 0 Å². The predicted octanol–water partition coefficient (Wildman–Crippen LogP) is 3.92. The van der Waals surface area contributed by atoms with Gasteiger partial charge in [-0.25, -0.2) is 0 Å². The predicted molar refractivity (Wildman–Crippen MR) is 76.0 cm³/mol. The molecule has 2 aliphatic rings. The first kappa shape index (κ1) is 9.95. The Morgan fingerprint density at radius 3 is 2.56 bits per heavy atom. The summed E-state index contributed by atoms with van der Waals surface area (Å²) in [6, 6.07) is 8.82. The average Bonchev–Trinajstić information content (AvgIpc) is 3.03. The average molecular weight is 233 g/mol. The lowest BCUT2D eigenvalue weighted by Crippen LogP contribution is -2.00. The van der Waals surface area contributed by atoms with Crippen molar-refractivity contribution in [1.82, 2.24) is 4.57 Å². The minimum Gasteiger partial charge on any atom is -0.313 e. The third-order valence-electron chi connectivity index (χ3n) is 3.94. The minimum absolute atomic E-state index is 1.06. The standard InChI is InChI=1S/C17H15N/c1-12-8-10-13(11-9-12)18-16-6-2-4-14(16)15-5-3-7-17(15)18/h2-4,7-11H,5-6H2,1H3. The zero-order valence-electron chi connectivity index (χ0n) is 10.5. The number of hydrogen-bond acceptors (Lipinski definition) is 0. The summed E-state index contributed by atoms with van der Waals surface area (Å²) in [6.45, 7) is 2.13. The molecular weight excluding hydrogens is 218 g/mol. The van der Waals surface area contributed by atoms with Crippen molar-refractivity contribution in [3.8, 4) is 5.69 Å². The van der Waals surface area contributed by atoms with Gasteiger partial charge in [-0.2, -0.15) is 0 Å². The maximum atomic E-state index is 2.42. The third kappa shape index (κ3) is 1.22. The van der Waals surface area contributed by atoms with Gasteiger partial charge in [-0.05, 0) is 42.7 Å². The van der Waals surface area contributed by atoms with Crippen LogP contribution in [0.25, 0.3) is 17.8 Å². The van der Waals surface area contributed by atoms with E-state index in [0.29, 0.717) is 0 Å². The Morgan fingerprint density at radius 2 is 1.72 bits per heavy atom. The van der Waals surface area contributed by atoms with Gasteiger partial charge in [0.05, 0.1) is 0 Å². The van der Waals surface area contributed by atoms with Crippen LogP contribution >= 0.6 is 0 Å². The van der Waals surface area contributed by atoms with E-state index in [-0.39, 0.29) is 0 Å². The number of fused-ring (bicyclic) bond motifs is 3. The highest BCUT2D eigenvalue weighted by atomic mass is 15.0. The molecule has 1 heteroatoms. The Hall–Kier alpha value is -2.02. The highest BCUT2D eigenvalue weighted by Gasteiger charge is 2.24. The Kier molecular flexibility index (Phi) is 1.93. The second kappa shape index (κ2) is 3.49. The monoisotopic (exact) mass is 233 g/mol. The number of aromatic nitrogens is 1. The number of nitrogens with zero attached hydrogens (tertiary/aromatic N) is 1. The maximum Gasteiger partial charge on any atom is 0.0497 e. The summed E-state index contributed by atoms with van der Waals surface area (Å²) in [7, 11) is 0. The van der Waals surface area contributed by atoms with Crippen LogP contribution in [-0.4, -0.2) is 4.57 Å². The van der Waals surface area contributed by atoms with Crippen molar-refractivity contribution in [3.63, 3.8) is 0 Å². The van der Waals surface area contributed by atoms with E-state index in [2.05, 4.69) is 60.1 Å². The molecule has 1 aromatic heterocycles. The van der Waals surface area contributed by atoms with E-state index in [1.807, 2.05) is 0 Å². The van der Waals surface area contributed by atoms with Gasteiger partial charge in [0, 0.05) is 23.5 Å². The van der Waals surface area contributed by atoms with E-state index in [4.69, 9.17) is 0 Å². The number of allylic oxidation sites excluding steroid dienone is 2. The summed E-state index contributed by atoms with van der Waals surface area (Å²) in [4.78, 5) is 0. The molecule has 1 nitrogen and oxygen atoms in total. The quantitative estimate of drug-likeness (QED) is 0.703. The van der Waals surface area contributed by atoms with Crippen LogP contribution in [0.4, 0.5) is 0 Å². The molecule has 0 fully saturated rings. The minimum atomic E-state index is 1.06. The Labute approximate surface area is 107 Å². The van der Waals surface area contributed by atoms with Crippen LogP contribution in [0.5, 0.6) is 0 Å². The van der Waals surface area contributed by atoms with Crippen LogP contribution < -0.4 is 0 Å². The smallest absolute Gasteiger partial charge is 0.0497 e. The van der Waals surface area contributed by atoms with Crippen molar-refractivity contribution in [2.45, 2.75) is 19.8 Å². The molecular formula is C17H15N. The first-order valence-corrected chi connectivity index (χ1v) is 6.51. The lowest BCUT2D eigenvalue weighted by atomic mass is 10.1. The first-order chi connectivity index (χ1) is 8.84. The zero-order chi connectivity index (χ0) is 12.1. The number of rotatable bonds is 1. The van der Waals surface area contributed by atoms with Crippen molar-refractivity contribution in [2.75, 3.05) is 0 Å². The van der Waals surface area contributed by atoms with Crippen molar-refractivity contribution < 1.29 is 0 Å². The molecule has 4 rings (SSSR count). The molecule has 88 valence electrons. The second-order valence-electron chi connectivity index (χ2n) is 5.11. The summed E-state index contributed by atoms with van der Waals surface area (Å²) in [5, 5.41) is 0. The van der Waals surface area contributed by atoms with Gasteiger partial charge in [0.25, 0.3) is 0 Å². The van der Waals surface area contributed by atoms with E-state index in [0.717, 1.165) is 12.8 Å². The molecule has 2 aliphatic carbocycles. The molecule has 1 aromatic carbocycles. The lowest BCUT2D eigenvalue weighted by molar-refractivity contribution is 0.969. The molecule has 1 heterocycles. The molecule has 2 aromatic rings. The van der Waals surface area contributed by atoms with Crippen LogP contribution in [0, 0.1) is 6.92 Å². The molecule has 0 saturated heterocycles. The van der Waals surface area contributed by atoms with E-state index in [9.17, 15) is 0 Å². The molecule has 0 spiro atoms. The molecule has 18 heavy (non-hydrogen) atoms. The highest BCUT2D eigenvalue weighted by molar-refractivity contribution is 5.74. The number of hydrogen-bond donors (Lipinski definition) is 0. The van der Waals surface area contributed by atoms with E-state index < -0.39 is 0 Å². The second-order valence-corrected chi connectivity index (χ2v) is 5.11. The normalized spacial score (nSPS) is 15.2. The van der Waals surface area contributed by atoms with Crippen molar-refractivity contribution in [3.05, 3.63) is 64.5 Å². The molecule has 0 unspecified atom stereocenters. The van der Waals surface area contributed by atoms with Gasteiger partial charge in [-0.1, -0.05) is 35.9 Å². The van der Waals surface area contributed by atoms with Gasteiger partial charge in [-0.15, -0.1) is 0 Å². The summed E-state index contributed by atoms with van der Waals surface area (Å²) in [5.41, 5.74) is 8.39. The fourth-order valence-corrected chi connectivity index (χ4v) is 3.07. The van der Waals surface area contributed by atoms with Crippen molar-refractivity contribution >= 4 is 12.2 Å². The number of benzene rings is 1. The van der Waals surface area contributed by atoms with Gasteiger partial charge in [0.15, 0.2) is 0 Å². The van der Waals surface area contributed by atoms with Crippen LogP contribution in [0.1, 0.15) is 28.1 Å². The zero-order valence-corrected chi connectivity index (χ0v) is 10.5. The topological polar surface area (TPSA) is 4.93 Å². The Balaban J connectivity index is 1.99. The summed E-state index contributed by atoms with van der Waals surface area (Å²) >= 11 is 0. The molecule has 0 atom stereocenters. The van der Waals surface area contributed by atoms with Crippen LogP contribution in [0.15, 0.2) is 36.4 Å². The van der Waals surface area contributed by atoms with E-state index >= 15 is 0 Å². The van der Waals surface area contributed by atoms with E-state index in [1.165, 1.54) is 33.8 Å². The van der Waals surface area contributed by atoms with Crippen molar-refractivity contribution in [2.24, 2.45) is 0 Å². The largest absolute Gasteiger partial charge is 0.313 e. The number of aryl methyl sites for hydroxylation is 1. The molecule has 0 amide bonds. The van der Waals surface area contributed by atoms with Gasteiger partial charge < -0.3 is 4.57 Å². The first-order valence-electron chi connectivity index (χ1n) is 6.51.